The molecule has 0 saturated heterocycles. The largest absolute Gasteiger partial charge is 0.301 e. The van der Waals surface area contributed by atoms with Gasteiger partial charge >= 0.3 is 0 Å². The summed E-state index contributed by atoms with van der Waals surface area (Å²) in [5, 5.41) is 9.88. The molecule has 0 bridgehead atoms. The van der Waals surface area contributed by atoms with Gasteiger partial charge < -0.3 is 4.40 Å². The van der Waals surface area contributed by atoms with Crippen molar-refractivity contribution in [3.8, 4) is 17.3 Å². The average molecular weight is 283 g/mol. The molecule has 0 fully saturated rings. The van der Waals surface area contributed by atoms with E-state index in [9.17, 15) is 5.26 Å². The number of halogens is 1. The van der Waals surface area contributed by atoms with Gasteiger partial charge in [-0.15, -0.1) is 0 Å². The van der Waals surface area contributed by atoms with Crippen LogP contribution in [0.15, 0.2) is 42.9 Å². The van der Waals surface area contributed by atoms with Crippen LogP contribution in [0.2, 0.25) is 5.02 Å². The molecule has 0 radical (unpaired) electrons. The van der Waals surface area contributed by atoms with Gasteiger partial charge in [0.1, 0.15) is 5.65 Å². The van der Waals surface area contributed by atoms with Crippen molar-refractivity contribution in [3.05, 3.63) is 53.6 Å². The molecule has 4 nitrogen and oxygen atoms in total. The fourth-order valence-electron chi connectivity index (χ4n) is 2.23. The van der Waals surface area contributed by atoms with Crippen molar-refractivity contribution in [3.63, 3.8) is 0 Å². The normalized spacial score (nSPS) is 12.2. The Morgan fingerprint density at radius 3 is 2.90 bits per heavy atom. The predicted molar refractivity (Wildman–Crippen MR) is 77.5 cm³/mol. The number of nitriles is 1. The summed E-state index contributed by atoms with van der Waals surface area (Å²) >= 11 is 6.05. The second-order valence-electron chi connectivity index (χ2n) is 4.51. The van der Waals surface area contributed by atoms with Gasteiger partial charge in [0, 0.05) is 24.2 Å². The van der Waals surface area contributed by atoms with E-state index in [1.54, 1.807) is 24.7 Å². The maximum atomic E-state index is 9.27. The molecular formula is C15H11ClN4. The monoisotopic (exact) mass is 282 g/mol. The van der Waals surface area contributed by atoms with E-state index in [1.807, 2.05) is 29.5 Å². The van der Waals surface area contributed by atoms with Gasteiger partial charge in [-0.05, 0) is 31.2 Å². The first-order chi connectivity index (χ1) is 9.70. The minimum absolute atomic E-state index is 0.293. The molecule has 5 heteroatoms. The number of pyridine rings is 2. The van der Waals surface area contributed by atoms with Gasteiger partial charge in [0.25, 0.3) is 0 Å². The Morgan fingerprint density at radius 2 is 2.20 bits per heavy atom. The second-order valence-corrected chi connectivity index (χ2v) is 4.95. The average Bonchev–Trinajstić information content (AvgIpc) is 2.86. The smallest absolute Gasteiger partial charge is 0.137 e. The zero-order chi connectivity index (χ0) is 14.1. The lowest BCUT2D eigenvalue weighted by Gasteiger charge is -2.06. The van der Waals surface area contributed by atoms with E-state index in [0.29, 0.717) is 5.02 Å². The summed E-state index contributed by atoms with van der Waals surface area (Å²) in [7, 11) is 0. The summed E-state index contributed by atoms with van der Waals surface area (Å²) in [4.78, 5) is 8.72. The van der Waals surface area contributed by atoms with Crippen molar-refractivity contribution in [1.29, 1.82) is 5.26 Å². The van der Waals surface area contributed by atoms with Crippen LogP contribution in [0.3, 0.4) is 0 Å². The van der Waals surface area contributed by atoms with Gasteiger partial charge in [-0.3, -0.25) is 4.98 Å². The van der Waals surface area contributed by atoms with Gasteiger partial charge in [0.05, 0.1) is 28.4 Å². The highest BCUT2D eigenvalue weighted by molar-refractivity contribution is 6.30. The van der Waals surface area contributed by atoms with Crippen LogP contribution in [0.25, 0.3) is 16.9 Å². The number of aromatic nitrogens is 3. The zero-order valence-corrected chi connectivity index (χ0v) is 11.5. The SMILES string of the molecule is CC(C#N)c1c(-c2cccnc2)nc2ccc(Cl)cn12. The Kier molecular flexibility index (Phi) is 3.13. The summed E-state index contributed by atoms with van der Waals surface area (Å²) in [6.45, 7) is 1.85. The first kappa shape index (κ1) is 12.6. The van der Waals surface area contributed by atoms with E-state index < -0.39 is 0 Å². The summed E-state index contributed by atoms with van der Waals surface area (Å²) in [6.07, 6.45) is 5.24. The number of imidazole rings is 1. The van der Waals surface area contributed by atoms with Crippen molar-refractivity contribution in [2.75, 3.05) is 0 Å². The van der Waals surface area contributed by atoms with Crippen molar-refractivity contribution < 1.29 is 0 Å². The van der Waals surface area contributed by atoms with Gasteiger partial charge in [-0.1, -0.05) is 11.6 Å². The molecule has 0 amide bonds. The van der Waals surface area contributed by atoms with Gasteiger partial charge in [0.15, 0.2) is 0 Å². The van der Waals surface area contributed by atoms with Crippen LogP contribution in [0, 0.1) is 11.3 Å². The summed E-state index contributed by atoms with van der Waals surface area (Å²) in [6, 6.07) is 9.69. The molecule has 3 heterocycles. The fourth-order valence-corrected chi connectivity index (χ4v) is 2.39. The third-order valence-corrected chi connectivity index (χ3v) is 3.38. The number of hydrogen-bond donors (Lipinski definition) is 0. The molecule has 0 aliphatic heterocycles. The van der Waals surface area contributed by atoms with E-state index in [0.717, 1.165) is 22.6 Å². The molecule has 3 rings (SSSR count). The highest BCUT2D eigenvalue weighted by Gasteiger charge is 2.19. The molecule has 0 spiro atoms. The molecule has 0 aliphatic carbocycles. The number of fused-ring (bicyclic) bond motifs is 1. The standard InChI is InChI=1S/C15H11ClN4/c1-10(7-17)15-14(11-3-2-6-18-8-11)19-13-5-4-12(16)9-20(13)15/h2-6,8-10H,1H3. The quantitative estimate of drug-likeness (QED) is 0.720. The summed E-state index contributed by atoms with van der Waals surface area (Å²) in [5.74, 6) is -0.293. The van der Waals surface area contributed by atoms with Crippen molar-refractivity contribution in [2.24, 2.45) is 0 Å². The van der Waals surface area contributed by atoms with Gasteiger partial charge in [0.2, 0.25) is 0 Å². The Morgan fingerprint density at radius 1 is 1.35 bits per heavy atom. The van der Waals surface area contributed by atoms with Crippen molar-refractivity contribution in [2.45, 2.75) is 12.8 Å². The molecule has 0 aliphatic rings. The van der Waals surface area contributed by atoms with E-state index >= 15 is 0 Å². The maximum absolute atomic E-state index is 9.27. The number of hydrogen-bond acceptors (Lipinski definition) is 3. The Labute approximate surface area is 121 Å². The topological polar surface area (TPSA) is 54.0 Å². The lowest BCUT2D eigenvalue weighted by molar-refractivity contribution is 0.900. The molecule has 0 N–H and O–H groups in total. The third kappa shape index (κ3) is 2.02. The van der Waals surface area contributed by atoms with Crippen LogP contribution >= 0.6 is 11.6 Å². The third-order valence-electron chi connectivity index (χ3n) is 3.16. The first-order valence-corrected chi connectivity index (χ1v) is 6.56. The van der Waals surface area contributed by atoms with E-state index in [2.05, 4.69) is 16.0 Å². The van der Waals surface area contributed by atoms with Crippen LogP contribution in [0.1, 0.15) is 18.5 Å². The number of rotatable bonds is 2. The zero-order valence-electron chi connectivity index (χ0n) is 10.8. The van der Waals surface area contributed by atoms with E-state index in [-0.39, 0.29) is 5.92 Å². The Bertz CT molecular complexity index is 802. The molecule has 0 saturated carbocycles. The minimum atomic E-state index is -0.293. The number of nitrogens with zero attached hydrogens (tertiary/aromatic N) is 4. The molecule has 98 valence electrons. The van der Waals surface area contributed by atoms with E-state index in [4.69, 9.17) is 11.6 Å². The highest BCUT2D eigenvalue weighted by Crippen LogP contribution is 2.30. The molecule has 1 atom stereocenters. The first-order valence-electron chi connectivity index (χ1n) is 6.18. The van der Waals surface area contributed by atoms with Crippen LogP contribution in [-0.2, 0) is 0 Å². The molecule has 3 aromatic rings. The van der Waals surface area contributed by atoms with Gasteiger partial charge in [-0.2, -0.15) is 5.26 Å². The van der Waals surface area contributed by atoms with Crippen LogP contribution < -0.4 is 0 Å². The Hall–Kier alpha value is -2.38. The molecule has 0 aromatic carbocycles. The van der Waals surface area contributed by atoms with Crippen LogP contribution in [0.5, 0.6) is 0 Å². The molecule has 1 unspecified atom stereocenters. The van der Waals surface area contributed by atoms with Crippen LogP contribution in [0.4, 0.5) is 0 Å². The summed E-state index contributed by atoms with van der Waals surface area (Å²) < 4.78 is 1.87. The van der Waals surface area contributed by atoms with Gasteiger partial charge in [-0.25, -0.2) is 4.98 Å². The van der Waals surface area contributed by atoms with Crippen molar-refractivity contribution in [1.82, 2.24) is 14.4 Å². The lowest BCUT2D eigenvalue weighted by atomic mass is 10.0. The predicted octanol–water partition coefficient (Wildman–Crippen LogP) is 3.68. The fraction of sp³-hybridized carbons (Fsp3) is 0.133. The molecule has 3 aromatic heterocycles. The maximum Gasteiger partial charge on any atom is 0.137 e. The minimum Gasteiger partial charge on any atom is -0.301 e. The highest BCUT2D eigenvalue weighted by atomic mass is 35.5. The van der Waals surface area contributed by atoms with E-state index in [1.165, 1.54) is 0 Å². The lowest BCUT2D eigenvalue weighted by Crippen LogP contribution is -1.98. The molecule has 20 heavy (non-hydrogen) atoms. The van der Waals surface area contributed by atoms with Crippen molar-refractivity contribution >= 4 is 17.2 Å². The summed E-state index contributed by atoms with van der Waals surface area (Å²) in [5.41, 5.74) is 3.27. The molecular weight excluding hydrogens is 272 g/mol. The van der Waals surface area contributed by atoms with Crippen LogP contribution in [-0.4, -0.2) is 14.4 Å². The Balaban J connectivity index is 2.34. The second kappa shape index (κ2) is 4.95.